The van der Waals surface area contributed by atoms with Crippen LogP contribution in [0.4, 0.5) is 0 Å². The maximum Gasteiger partial charge on any atom is 0.221 e. The monoisotopic (exact) mass is 326 g/mol. The number of halogens is 1. The summed E-state index contributed by atoms with van der Waals surface area (Å²) in [5.41, 5.74) is 0. The van der Waals surface area contributed by atoms with Crippen molar-refractivity contribution < 1.29 is 13.2 Å². The standard InChI is InChI=1S/C13H26N2O3S.ClH/c1-11(2)10-19(17,18)8-5-13(16)15-7-4-12-3-6-14-9-12;/h11-12,14H,3-10H2,1-2H3,(H,15,16);1H. The first-order chi connectivity index (χ1) is 8.89. The molecule has 1 heterocycles. The number of hydrogen-bond donors (Lipinski definition) is 2. The van der Waals surface area contributed by atoms with Crippen molar-refractivity contribution in [1.29, 1.82) is 0 Å². The van der Waals surface area contributed by atoms with Gasteiger partial charge in [0.2, 0.25) is 5.91 Å². The highest BCUT2D eigenvalue weighted by Gasteiger charge is 2.16. The van der Waals surface area contributed by atoms with Crippen LogP contribution in [0.1, 0.15) is 33.1 Å². The Balaban J connectivity index is 0.00000361. The topological polar surface area (TPSA) is 75.3 Å². The average Bonchev–Trinajstić information content (AvgIpc) is 2.78. The Morgan fingerprint density at radius 3 is 2.65 bits per heavy atom. The van der Waals surface area contributed by atoms with E-state index < -0.39 is 9.84 Å². The molecule has 0 aliphatic carbocycles. The van der Waals surface area contributed by atoms with Crippen molar-refractivity contribution in [1.82, 2.24) is 10.6 Å². The van der Waals surface area contributed by atoms with E-state index in [2.05, 4.69) is 10.6 Å². The smallest absolute Gasteiger partial charge is 0.221 e. The van der Waals surface area contributed by atoms with Gasteiger partial charge in [-0.1, -0.05) is 13.8 Å². The third kappa shape index (κ3) is 8.76. The van der Waals surface area contributed by atoms with Crippen molar-refractivity contribution in [2.45, 2.75) is 33.1 Å². The second-order valence-electron chi connectivity index (χ2n) is 5.76. The maximum absolute atomic E-state index is 11.6. The highest BCUT2D eigenvalue weighted by atomic mass is 35.5. The molecule has 1 atom stereocenters. The van der Waals surface area contributed by atoms with Gasteiger partial charge in [-0.15, -0.1) is 12.4 Å². The summed E-state index contributed by atoms with van der Waals surface area (Å²) < 4.78 is 23.3. The molecule has 0 aromatic heterocycles. The zero-order chi connectivity index (χ0) is 14.3. The fraction of sp³-hybridized carbons (Fsp3) is 0.923. The Kier molecular flexibility index (Phi) is 9.42. The number of sulfone groups is 1. The Hall–Kier alpha value is -0.330. The summed E-state index contributed by atoms with van der Waals surface area (Å²) in [7, 11) is -3.09. The van der Waals surface area contributed by atoms with Crippen molar-refractivity contribution in [2.75, 3.05) is 31.1 Å². The van der Waals surface area contributed by atoms with Gasteiger partial charge < -0.3 is 10.6 Å². The van der Waals surface area contributed by atoms with Crippen LogP contribution in [-0.4, -0.2) is 45.5 Å². The average molecular weight is 327 g/mol. The summed E-state index contributed by atoms with van der Waals surface area (Å²) in [6.45, 7) is 6.47. The molecule has 1 aliphatic rings. The number of amides is 1. The Morgan fingerprint density at radius 1 is 1.40 bits per heavy atom. The first-order valence-electron chi connectivity index (χ1n) is 7.07. The maximum atomic E-state index is 11.6. The molecule has 5 nitrogen and oxygen atoms in total. The molecule has 0 aromatic rings. The van der Waals surface area contributed by atoms with Crippen molar-refractivity contribution in [3.8, 4) is 0 Å². The summed E-state index contributed by atoms with van der Waals surface area (Å²) in [6, 6.07) is 0. The third-order valence-corrected chi connectivity index (χ3v) is 5.27. The lowest BCUT2D eigenvalue weighted by Crippen LogP contribution is -2.28. The molecule has 0 bridgehead atoms. The number of carbonyl (C=O) groups is 1. The fourth-order valence-corrected chi connectivity index (χ4v) is 3.98. The molecule has 0 spiro atoms. The van der Waals surface area contributed by atoms with Crippen LogP contribution >= 0.6 is 12.4 Å². The molecular weight excluding hydrogens is 300 g/mol. The lowest BCUT2D eigenvalue weighted by Gasteiger charge is -2.10. The van der Waals surface area contributed by atoms with E-state index in [1.165, 1.54) is 6.42 Å². The van der Waals surface area contributed by atoms with E-state index in [0.29, 0.717) is 12.5 Å². The molecule has 1 rings (SSSR count). The van der Waals surface area contributed by atoms with Crippen molar-refractivity contribution in [2.24, 2.45) is 11.8 Å². The molecule has 1 aliphatic heterocycles. The second-order valence-corrected chi connectivity index (χ2v) is 7.98. The highest BCUT2D eigenvalue weighted by Crippen LogP contribution is 2.10. The highest BCUT2D eigenvalue weighted by molar-refractivity contribution is 7.91. The molecule has 7 heteroatoms. The van der Waals surface area contributed by atoms with Crippen LogP contribution in [0.15, 0.2) is 0 Å². The summed E-state index contributed by atoms with van der Waals surface area (Å²) in [5.74, 6) is 0.724. The van der Waals surface area contributed by atoms with E-state index in [9.17, 15) is 13.2 Å². The van der Waals surface area contributed by atoms with Gasteiger partial charge in [-0.3, -0.25) is 4.79 Å². The summed E-state index contributed by atoms with van der Waals surface area (Å²) in [5, 5.41) is 6.09. The second kappa shape index (κ2) is 9.58. The van der Waals surface area contributed by atoms with E-state index in [4.69, 9.17) is 0 Å². The zero-order valence-electron chi connectivity index (χ0n) is 12.4. The van der Waals surface area contributed by atoms with Gasteiger partial charge in [-0.2, -0.15) is 0 Å². The van der Waals surface area contributed by atoms with E-state index in [1.807, 2.05) is 13.8 Å². The van der Waals surface area contributed by atoms with Crippen molar-refractivity contribution in [3.05, 3.63) is 0 Å². The third-order valence-electron chi connectivity index (χ3n) is 3.26. The number of nitrogens with one attached hydrogen (secondary N) is 2. The number of carbonyl (C=O) groups excluding carboxylic acids is 1. The number of rotatable bonds is 8. The van der Waals surface area contributed by atoms with E-state index in [1.54, 1.807) is 0 Å². The molecule has 0 saturated carbocycles. The van der Waals surface area contributed by atoms with Crippen molar-refractivity contribution >= 4 is 28.2 Å². The lowest BCUT2D eigenvalue weighted by atomic mass is 10.1. The van der Waals surface area contributed by atoms with Gasteiger partial charge in [0.1, 0.15) is 0 Å². The Bertz CT molecular complexity index is 379. The molecule has 0 aromatic carbocycles. The molecule has 1 unspecified atom stereocenters. The predicted molar refractivity (Wildman–Crippen MR) is 84.0 cm³/mol. The fourth-order valence-electron chi connectivity index (χ4n) is 2.30. The normalized spacial score (nSPS) is 18.9. The van der Waals surface area contributed by atoms with Gasteiger partial charge >= 0.3 is 0 Å². The van der Waals surface area contributed by atoms with Crippen molar-refractivity contribution in [3.63, 3.8) is 0 Å². The van der Waals surface area contributed by atoms with Crippen LogP contribution < -0.4 is 10.6 Å². The largest absolute Gasteiger partial charge is 0.356 e. The van der Waals surface area contributed by atoms with Gasteiger partial charge in [0, 0.05) is 13.0 Å². The molecule has 1 fully saturated rings. The molecule has 2 N–H and O–H groups in total. The van der Waals surface area contributed by atoms with E-state index >= 15 is 0 Å². The molecule has 0 radical (unpaired) electrons. The number of hydrogen-bond acceptors (Lipinski definition) is 4. The predicted octanol–water partition coefficient (Wildman–Crippen LogP) is 0.985. The van der Waals surface area contributed by atoms with Crippen LogP contribution in [-0.2, 0) is 14.6 Å². The minimum Gasteiger partial charge on any atom is -0.356 e. The summed E-state index contributed by atoms with van der Waals surface area (Å²) in [6.07, 6.45) is 2.22. The van der Waals surface area contributed by atoms with Crippen LogP contribution in [0.5, 0.6) is 0 Å². The van der Waals surface area contributed by atoms with Gasteiger partial charge in [0.15, 0.2) is 9.84 Å². The van der Waals surface area contributed by atoms with Gasteiger partial charge in [0.25, 0.3) is 0 Å². The molecular formula is C13H27ClN2O3S. The first kappa shape index (κ1) is 19.7. The Labute approximate surface area is 128 Å². The van der Waals surface area contributed by atoms with Crippen LogP contribution in [0.2, 0.25) is 0 Å². The minimum absolute atomic E-state index is 0. The zero-order valence-corrected chi connectivity index (χ0v) is 14.0. The van der Waals surface area contributed by atoms with E-state index in [-0.39, 0.29) is 42.2 Å². The van der Waals surface area contributed by atoms with E-state index in [0.717, 1.165) is 19.5 Å². The molecule has 1 amide bonds. The molecule has 120 valence electrons. The van der Waals surface area contributed by atoms with Gasteiger partial charge in [0.05, 0.1) is 11.5 Å². The van der Waals surface area contributed by atoms with Gasteiger partial charge in [-0.05, 0) is 37.8 Å². The van der Waals surface area contributed by atoms with Crippen LogP contribution in [0.25, 0.3) is 0 Å². The lowest BCUT2D eigenvalue weighted by molar-refractivity contribution is -0.120. The minimum atomic E-state index is -3.09. The first-order valence-corrected chi connectivity index (χ1v) is 8.89. The van der Waals surface area contributed by atoms with Gasteiger partial charge in [-0.25, -0.2) is 8.42 Å². The quantitative estimate of drug-likeness (QED) is 0.697. The summed E-state index contributed by atoms with van der Waals surface area (Å²) in [4.78, 5) is 11.6. The van der Waals surface area contributed by atoms with Crippen LogP contribution in [0.3, 0.4) is 0 Å². The van der Waals surface area contributed by atoms with Crippen LogP contribution in [0, 0.1) is 11.8 Å². The summed E-state index contributed by atoms with van der Waals surface area (Å²) >= 11 is 0. The molecule has 20 heavy (non-hydrogen) atoms. The SMILES string of the molecule is CC(C)CS(=O)(=O)CCC(=O)NCCC1CCNC1.Cl. The Morgan fingerprint density at radius 2 is 2.10 bits per heavy atom. The molecule has 1 saturated heterocycles.